The van der Waals surface area contributed by atoms with Gasteiger partial charge in [0.05, 0.1) is 19.3 Å². The zero-order valence-electron chi connectivity index (χ0n) is 9.93. The number of hydrogen-bond acceptors (Lipinski definition) is 3. The third-order valence-corrected chi connectivity index (χ3v) is 4.35. The molecule has 4 heteroatoms. The molecule has 0 saturated carbocycles. The molecular formula is C13H18BrNO2. The van der Waals surface area contributed by atoms with Crippen LogP contribution in [0.15, 0.2) is 22.7 Å². The largest absolute Gasteiger partial charge is 0.394 e. The van der Waals surface area contributed by atoms with Crippen LogP contribution in [0.5, 0.6) is 0 Å². The van der Waals surface area contributed by atoms with Gasteiger partial charge in [-0.15, -0.1) is 0 Å². The minimum absolute atomic E-state index is 0.0424. The number of benzene rings is 1. The van der Waals surface area contributed by atoms with Gasteiger partial charge in [0.25, 0.3) is 0 Å². The van der Waals surface area contributed by atoms with E-state index in [2.05, 4.69) is 27.8 Å². The van der Waals surface area contributed by atoms with Gasteiger partial charge in [0.1, 0.15) is 0 Å². The Kier molecular flexibility index (Phi) is 4.07. The third-order valence-electron chi connectivity index (χ3n) is 3.61. The standard InChI is InChI=1S/C13H18BrNO2/c1-9-4-5-15(13(9)8-17)11-3-2-10(7-16)12(14)6-11/h2-3,6,9,13,16-17H,4-5,7-8H2,1H3. The quantitative estimate of drug-likeness (QED) is 0.899. The molecule has 1 aliphatic heterocycles. The van der Waals surface area contributed by atoms with Crippen molar-refractivity contribution in [1.29, 1.82) is 0 Å². The SMILES string of the molecule is CC1CCN(c2ccc(CO)c(Br)c2)C1CO. The van der Waals surface area contributed by atoms with Gasteiger partial charge >= 0.3 is 0 Å². The van der Waals surface area contributed by atoms with Crippen LogP contribution < -0.4 is 4.90 Å². The van der Waals surface area contributed by atoms with Crippen molar-refractivity contribution >= 4 is 21.6 Å². The predicted octanol–water partition coefficient (Wildman–Crippen LogP) is 2.15. The zero-order valence-corrected chi connectivity index (χ0v) is 11.5. The van der Waals surface area contributed by atoms with E-state index in [1.807, 2.05) is 18.2 Å². The topological polar surface area (TPSA) is 43.7 Å². The third kappa shape index (κ3) is 2.49. The molecule has 1 saturated heterocycles. The molecule has 1 heterocycles. The van der Waals surface area contributed by atoms with Crippen LogP contribution in [-0.4, -0.2) is 29.4 Å². The van der Waals surface area contributed by atoms with Crippen LogP contribution in [0.1, 0.15) is 18.9 Å². The highest BCUT2D eigenvalue weighted by atomic mass is 79.9. The van der Waals surface area contributed by atoms with Crippen LogP contribution >= 0.6 is 15.9 Å². The smallest absolute Gasteiger partial charge is 0.0692 e. The fourth-order valence-corrected chi connectivity index (χ4v) is 2.94. The molecule has 2 unspecified atom stereocenters. The van der Waals surface area contributed by atoms with Gasteiger partial charge < -0.3 is 15.1 Å². The van der Waals surface area contributed by atoms with E-state index < -0.39 is 0 Å². The van der Waals surface area contributed by atoms with Crippen LogP contribution in [0.2, 0.25) is 0 Å². The number of rotatable bonds is 3. The molecule has 2 rings (SSSR count). The van der Waals surface area contributed by atoms with Crippen molar-refractivity contribution in [3.05, 3.63) is 28.2 Å². The van der Waals surface area contributed by atoms with E-state index in [1.165, 1.54) is 0 Å². The predicted molar refractivity (Wildman–Crippen MR) is 72.1 cm³/mol. The fourth-order valence-electron chi connectivity index (χ4n) is 2.45. The number of aliphatic hydroxyl groups is 2. The minimum atomic E-state index is 0.0424. The molecule has 0 radical (unpaired) electrons. The fraction of sp³-hybridized carbons (Fsp3) is 0.538. The summed E-state index contributed by atoms with van der Waals surface area (Å²) in [6.45, 7) is 3.40. The molecule has 1 aromatic rings. The lowest BCUT2D eigenvalue weighted by molar-refractivity contribution is 0.244. The Morgan fingerprint density at radius 2 is 2.18 bits per heavy atom. The molecule has 2 N–H and O–H groups in total. The number of nitrogens with zero attached hydrogens (tertiary/aromatic N) is 1. The number of anilines is 1. The Hall–Kier alpha value is -0.580. The summed E-state index contributed by atoms with van der Waals surface area (Å²) in [5, 5.41) is 18.6. The maximum absolute atomic E-state index is 9.44. The molecule has 3 nitrogen and oxygen atoms in total. The number of aliphatic hydroxyl groups excluding tert-OH is 2. The molecule has 0 amide bonds. The molecule has 0 bridgehead atoms. The highest BCUT2D eigenvalue weighted by molar-refractivity contribution is 9.10. The van der Waals surface area contributed by atoms with Gasteiger partial charge in [-0.1, -0.05) is 28.9 Å². The molecule has 1 aliphatic rings. The van der Waals surface area contributed by atoms with Crippen molar-refractivity contribution in [3.63, 3.8) is 0 Å². The van der Waals surface area contributed by atoms with E-state index in [1.54, 1.807) is 0 Å². The van der Waals surface area contributed by atoms with Gasteiger partial charge in [-0.2, -0.15) is 0 Å². The summed E-state index contributed by atoms with van der Waals surface area (Å²) in [7, 11) is 0. The molecule has 0 spiro atoms. The molecule has 0 aromatic heterocycles. The molecule has 1 aromatic carbocycles. The second-order valence-corrected chi connectivity index (χ2v) is 5.50. The Bertz CT molecular complexity index is 397. The van der Waals surface area contributed by atoms with Crippen LogP contribution in [0, 0.1) is 5.92 Å². The van der Waals surface area contributed by atoms with Crippen molar-refractivity contribution in [1.82, 2.24) is 0 Å². The summed E-state index contributed by atoms with van der Waals surface area (Å²) in [5.41, 5.74) is 2.00. The second-order valence-electron chi connectivity index (χ2n) is 4.64. The molecular weight excluding hydrogens is 282 g/mol. The first-order valence-corrected chi connectivity index (χ1v) is 6.73. The average molecular weight is 300 g/mol. The highest BCUT2D eigenvalue weighted by Crippen LogP contribution is 2.32. The summed E-state index contributed by atoms with van der Waals surface area (Å²) >= 11 is 3.46. The Labute approximate surface area is 110 Å². The normalized spacial score (nSPS) is 24.4. The zero-order chi connectivity index (χ0) is 12.4. The lowest BCUT2D eigenvalue weighted by Crippen LogP contribution is -2.35. The van der Waals surface area contributed by atoms with E-state index in [-0.39, 0.29) is 19.3 Å². The molecule has 0 aliphatic carbocycles. The van der Waals surface area contributed by atoms with Gasteiger partial charge in [0.15, 0.2) is 0 Å². The monoisotopic (exact) mass is 299 g/mol. The Morgan fingerprint density at radius 1 is 1.41 bits per heavy atom. The maximum atomic E-state index is 9.44. The van der Waals surface area contributed by atoms with Crippen molar-refractivity contribution < 1.29 is 10.2 Å². The van der Waals surface area contributed by atoms with E-state index in [0.29, 0.717) is 5.92 Å². The average Bonchev–Trinajstić information content (AvgIpc) is 2.70. The van der Waals surface area contributed by atoms with Crippen molar-refractivity contribution in [2.45, 2.75) is 26.0 Å². The van der Waals surface area contributed by atoms with E-state index in [0.717, 1.165) is 28.7 Å². The van der Waals surface area contributed by atoms with Gasteiger partial charge in [-0.3, -0.25) is 0 Å². The molecule has 1 fully saturated rings. The van der Waals surface area contributed by atoms with E-state index in [9.17, 15) is 5.11 Å². The Morgan fingerprint density at radius 3 is 2.76 bits per heavy atom. The summed E-state index contributed by atoms with van der Waals surface area (Å²) in [5.74, 6) is 0.524. The minimum Gasteiger partial charge on any atom is -0.394 e. The van der Waals surface area contributed by atoms with Gasteiger partial charge in [-0.05, 0) is 30.0 Å². The number of halogens is 1. The van der Waals surface area contributed by atoms with E-state index in [4.69, 9.17) is 5.11 Å². The van der Waals surface area contributed by atoms with Crippen LogP contribution in [-0.2, 0) is 6.61 Å². The molecule has 17 heavy (non-hydrogen) atoms. The van der Waals surface area contributed by atoms with Crippen molar-refractivity contribution in [2.75, 3.05) is 18.1 Å². The number of hydrogen-bond donors (Lipinski definition) is 2. The van der Waals surface area contributed by atoms with Crippen LogP contribution in [0.4, 0.5) is 5.69 Å². The summed E-state index contributed by atoms with van der Waals surface area (Å²) < 4.78 is 0.925. The van der Waals surface area contributed by atoms with Crippen LogP contribution in [0.25, 0.3) is 0 Å². The maximum Gasteiger partial charge on any atom is 0.0692 e. The summed E-state index contributed by atoms with van der Waals surface area (Å²) in [4.78, 5) is 2.25. The highest BCUT2D eigenvalue weighted by Gasteiger charge is 2.30. The molecule has 2 atom stereocenters. The lowest BCUT2D eigenvalue weighted by Gasteiger charge is -2.27. The second kappa shape index (κ2) is 5.38. The van der Waals surface area contributed by atoms with Crippen molar-refractivity contribution in [2.24, 2.45) is 5.92 Å². The van der Waals surface area contributed by atoms with Crippen molar-refractivity contribution in [3.8, 4) is 0 Å². The van der Waals surface area contributed by atoms with Gasteiger partial charge in [0, 0.05) is 16.7 Å². The first-order chi connectivity index (χ1) is 8.17. The van der Waals surface area contributed by atoms with Crippen LogP contribution in [0.3, 0.4) is 0 Å². The van der Waals surface area contributed by atoms with E-state index >= 15 is 0 Å². The summed E-state index contributed by atoms with van der Waals surface area (Å²) in [6.07, 6.45) is 1.12. The first kappa shape index (κ1) is 12.9. The van der Waals surface area contributed by atoms with Gasteiger partial charge in [0.2, 0.25) is 0 Å². The lowest BCUT2D eigenvalue weighted by atomic mass is 10.0. The Balaban J connectivity index is 2.25. The summed E-state index contributed by atoms with van der Waals surface area (Å²) in [6, 6.07) is 6.17. The molecule has 94 valence electrons. The first-order valence-electron chi connectivity index (χ1n) is 5.94. The van der Waals surface area contributed by atoms with Gasteiger partial charge in [-0.25, -0.2) is 0 Å².